The van der Waals surface area contributed by atoms with Crippen LogP contribution in [-0.2, 0) is 26.6 Å². The normalized spacial score (nSPS) is 16.1. The Kier molecular flexibility index (Phi) is 5.24. The number of aromatic nitrogens is 2. The molecule has 0 atom stereocenters. The van der Waals surface area contributed by atoms with Gasteiger partial charge < -0.3 is 4.74 Å². The lowest BCUT2D eigenvalue weighted by atomic mass is 10.2. The van der Waals surface area contributed by atoms with Crippen molar-refractivity contribution in [1.82, 2.24) is 14.1 Å². The van der Waals surface area contributed by atoms with E-state index >= 15 is 0 Å². The first kappa shape index (κ1) is 19.0. The Morgan fingerprint density at radius 1 is 1.26 bits per heavy atom. The Bertz CT molecular complexity index is 1030. The standard InChI is InChI=1S/C18H20N4O4S/c1-4-22(5-2)27(24,25)15-8-6-7-14(10-15)17-20-16(18(23)26-17)9-13-11-19-21(3)12-13/h6-12H,4-5H2,1-3H3/b16-9-. The van der Waals surface area contributed by atoms with Crippen molar-refractivity contribution >= 4 is 28.0 Å². The third kappa shape index (κ3) is 3.83. The summed E-state index contributed by atoms with van der Waals surface area (Å²) in [6.07, 6.45) is 4.91. The fraction of sp³-hybridized carbons (Fsp3) is 0.278. The first-order valence-electron chi connectivity index (χ1n) is 8.47. The van der Waals surface area contributed by atoms with Crippen molar-refractivity contribution in [2.24, 2.45) is 12.0 Å². The zero-order valence-electron chi connectivity index (χ0n) is 15.3. The lowest BCUT2D eigenvalue weighted by Gasteiger charge is -2.18. The second-order valence-corrected chi connectivity index (χ2v) is 7.84. The summed E-state index contributed by atoms with van der Waals surface area (Å²) in [5.74, 6) is -0.516. The fourth-order valence-corrected chi connectivity index (χ4v) is 4.21. The molecule has 3 rings (SSSR count). The number of carbonyl (C=O) groups is 1. The van der Waals surface area contributed by atoms with E-state index < -0.39 is 16.0 Å². The molecule has 142 valence electrons. The summed E-state index contributed by atoms with van der Waals surface area (Å²) >= 11 is 0. The number of hydrogen-bond donors (Lipinski definition) is 0. The molecule has 0 radical (unpaired) electrons. The van der Waals surface area contributed by atoms with Crippen LogP contribution in [0.2, 0.25) is 0 Å². The van der Waals surface area contributed by atoms with Gasteiger partial charge in [0.15, 0.2) is 5.70 Å². The highest BCUT2D eigenvalue weighted by molar-refractivity contribution is 7.89. The SMILES string of the molecule is CCN(CC)S(=O)(=O)c1cccc(C2=N/C(=C\c3cnn(C)c3)C(=O)O2)c1. The van der Waals surface area contributed by atoms with Crippen LogP contribution >= 0.6 is 0 Å². The summed E-state index contributed by atoms with van der Waals surface area (Å²) < 4.78 is 33.6. The van der Waals surface area contributed by atoms with Crippen LogP contribution in [0.1, 0.15) is 25.0 Å². The van der Waals surface area contributed by atoms with E-state index in [-0.39, 0.29) is 16.5 Å². The zero-order valence-corrected chi connectivity index (χ0v) is 16.1. The molecule has 0 amide bonds. The molecule has 0 saturated heterocycles. The maximum Gasteiger partial charge on any atom is 0.363 e. The van der Waals surface area contributed by atoms with Crippen molar-refractivity contribution in [1.29, 1.82) is 0 Å². The number of aliphatic imine (C=N–C) groups is 1. The minimum atomic E-state index is -3.61. The van der Waals surface area contributed by atoms with Gasteiger partial charge in [-0.05, 0) is 24.3 Å². The van der Waals surface area contributed by atoms with Crippen LogP contribution < -0.4 is 0 Å². The number of cyclic esters (lactones) is 1. The summed E-state index contributed by atoms with van der Waals surface area (Å²) in [6.45, 7) is 4.31. The van der Waals surface area contributed by atoms with Gasteiger partial charge in [-0.2, -0.15) is 9.40 Å². The summed E-state index contributed by atoms with van der Waals surface area (Å²) in [5.41, 5.74) is 1.27. The molecule has 0 unspecified atom stereocenters. The van der Waals surface area contributed by atoms with E-state index in [0.29, 0.717) is 24.2 Å². The van der Waals surface area contributed by atoms with Gasteiger partial charge in [0.25, 0.3) is 0 Å². The second-order valence-electron chi connectivity index (χ2n) is 5.90. The summed E-state index contributed by atoms with van der Waals surface area (Å²) in [5, 5.41) is 4.03. The van der Waals surface area contributed by atoms with Crippen LogP contribution in [-0.4, -0.2) is 47.5 Å². The van der Waals surface area contributed by atoms with Gasteiger partial charge in [0, 0.05) is 37.5 Å². The van der Waals surface area contributed by atoms with Crippen molar-refractivity contribution in [2.45, 2.75) is 18.7 Å². The molecule has 0 saturated carbocycles. The van der Waals surface area contributed by atoms with Crippen LogP contribution in [0.15, 0.2) is 52.2 Å². The van der Waals surface area contributed by atoms with Gasteiger partial charge >= 0.3 is 5.97 Å². The predicted octanol–water partition coefficient (Wildman–Crippen LogP) is 1.80. The number of ether oxygens (including phenoxy) is 1. The zero-order chi connectivity index (χ0) is 19.6. The molecule has 1 aliphatic heterocycles. The smallest absolute Gasteiger partial charge is 0.363 e. The maximum atomic E-state index is 12.7. The minimum Gasteiger partial charge on any atom is -0.402 e. The highest BCUT2D eigenvalue weighted by atomic mass is 32.2. The van der Waals surface area contributed by atoms with Crippen LogP contribution in [0, 0.1) is 0 Å². The molecule has 1 aromatic heterocycles. The number of benzene rings is 1. The van der Waals surface area contributed by atoms with Crippen molar-refractivity contribution in [3.63, 3.8) is 0 Å². The monoisotopic (exact) mass is 388 g/mol. The first-order chi connectivity index (χ1) is 12.8. The van der Waals surface area contributed by atoms with Gasteiger partial charge in [-0.15, -0.1) is 0 Å². The van der Waals surface area contributed by atoms with E-state index in [2.05, 4.69) is 10.1 Å². The average molecular weight is 388 g/mol. The van der Waals surface area contributed by atoms with Crippen LogP contribution in [0.25, 0.3) is 6.08 Å². The molecule has 0 aliphatic carbocycles. The Morgan fingerprint density at radius 3 is 2.63 bits per heavy atom. The molecule has 2 aromatic rings. The van der Waals surface area contributed by atoms with E-state index in [4.69, 9.17) is 4.74 Å². The highest BCUT2D eigenvalue weighted by Crippen LogP contribution is 2.22. The minimum absolute atomic E-state index is 0.0757. The molecule has 1 aliphatic rings. The highest BCUT2D eigenvalue weighted by Gasteiger charge is 2.27. The number of aryl methyl sites for hydroxylation is 1. The third-order valence-electron chi connectivity index (χ3n) is 4.07. The molecule has 9 heteroatoms. The third-order valence-corrected chi connectivity index (χ3v) is 6.12. The molecule has 8 nitrogen and oxygen atoms in total. The quantitative estimate of drug-likeness (QED) is 0.556. The lowest BCUT2D eigenvalue weighted by Crippen LogP contribution is -2.30. The summed E-state index contributed by atoms with van der Waals surface area (Å²) in [7, 11) is -1.84. The van der Waals surface area contributed by atoms with Crippen molar-refractivity contribution in [3.8, 4) is 0 Å². The molecule has 27 heavy (non-hydrogen) atoms. The molecule has 0 fully saturated rings. The number of esters is 1. The number of sulfonamides is 1. The number of nitrogens with zero attached hydrogens (tertiary/aromatic N) is 4. The lowest BCUT2D eigenvalue weighted by molar-refractivity contribution is -0.129. The largest absolute Gasteiger partial charge is 0.402 e. The van der Waals surface area contributed by atoms with Gasteiger partial charge in [0.1, 0.15) is 0 Å². The molecule has 0 spiro atoms. The van der Waals surface area contributed by atoms with Gasteiger partial charge in [0.2, 0.25) is 15.9 Å². The first-order valence-corrected chi connectivity index (χ1v) is 9.91. The predicted molar refractivity (Wildman–Crippen MR) is 100 cm³/mol. The molecule has 2 heterocycles. The van der Waals surface area contributed by atoms with E-state index in [1.54, 1.807) is 56.2 Å². The fourth-order valence-electron chi connectivity index (χ4n) is 2.71. The molecule has 0 bridgehead atoms. The topological polar surface area (TPSA) is 93.9 Å². The Labute approximate surface area is 157 Å². The van der Waals surface area contributed by atoms with Crippen LogP contribution in [0.4, 0.5) is 0 Å². The molecule has 0 N–H and O–H groups in total. The van der Waals surface area contributed by atoms with Crippen molar-refractivity contribution in [2.75, 3.05) is 13.1 Å². The molecular weight excluding hydrogens is 368 g/mol. The van der Waals surface area contributed by atoms with E-state index in [9.17, 15) is 13.2 Å². The van der Waals surface area contributed by atoms with Gasteiger partial charge in [0.05, 0.1) is 11.1 Å². The molecular formula is C18H20N4O4S. The Morgan fingerprint density at radius 2 is 2.00 bits per heavy atom. The van der Waals surface area contributed by atoms with E-state index in [1.165, 1.54) is 16.4 Å². The van der Waals surface area contributed by atoms with Gasteiger partial charge in [-0.1, -0.05) is 19.9 Å². The van der Waals surface area contributed by atoms with Crippen molar-refractivity contribution in [3.05, 3.63) is 53.5 Å². The summed E-state index contributed by atoms with van der Waals surface area (Å²) in [6, 6.07) is 6.24. The maximum absolute atomic E-state index is 12.7. The van der Waals surface area contributed by atoms with E-state index in [1.807, 2.05) is 0 Å². The van der Waals surface area contributed by atoms with Crippen LogP contribution in [0.5, 0.6) is 0 Å². The second kappa shape index (κ2) is 7.45. The Hall–Kier alpha value is -2.78. The Balaban J connectivity index is 1.95. The van der Waals surface area contributed by atoms with Crippen LogP contribution in [0.3, 0.4) is 0 Å². The van der Waals surface area contributed by atoms with Crippen molar-refractivity contribution < 1.29 is 17.9 Å². The number of hydrogen-bond acceptors (Lipinski definition) is 6. The number of carbonyl (C=O) groups excluding carboxylic acids is 1. The van der Waals surface area contributed by atoms with E-state index in [0.717, 1.165) is 0 Å². The van der Waals surface area contributed by atoms with Gasteiger partial charge in [-0.3, -0.25) is 4.68 Å². The average Bonchev–Trinajstić information content (AvgIpc) is 3.22. The van der Waals surface area contributed by atoms with Gasteiger partial charge in [-0.25, -0.2) is 18.2 Å². The number of rotatable bonds is 6. The molecule has 1 aromatic carbocycles. The summed E-state index contributed by atoms with van der Waals surface area (Å²) in [4.78, 5) is 16.4.